The van der Waals surface area contributed by atoms with Crippen molar-refractivity contribution in [3.8, 4) is 5.75 Å². The molecule has 2 aromatic carbocycles. The van der Waals surface area contributed by atoms with Gasteiger partial charge in [0.1, 0.15) is 5.75 Å². The standard InChI is InChI=1S/C27H29NO2S/c1-2-30-23-11-7-20(8-12-23)27(29)21-9-13-26-24(17-21)25(18-31-26)19-6-10-22-5-3-4-15-28(22)16-14-19/h7-9,11-14,17-18,22H,2-6,10,15-16H2,1H3. The Hall–Kier alpha value is -2.43. The Labute approximate surface area is 188 Å². The minimum Gasteiger partial charge on any atom is -0.494 e. The van der Waals surface area contributed by atoms with Crippen molar-refractivity contribution in [2.45, 2.75) is 45.1 Å². The van der Waals surface area contributed by atoms with E-state index in [0.717, 1.165) is 30.3 Å². The van der Waals surface area contributed by atoms with E-state index in [9.17, 15) is 4.79 Å². The van der Waals surface area contributed by atoms with Crippen LogP contribution in [0.25, 0.3) is 15.7 Å². The Morgan fingerprint density at radius 2 is 1.94 bits per heavy atom. The third-order valence-electron chi connectivity index (χ3n) is 6.68. The lowest BCUT2D eigenvalue weighted by atomic mass is 9.94. The summed E-state index contributed by atoms with van der Waals surface area (Å²) in [7, 11) is 0. The molecule has 0 bridgehead atoms. The number of ketones is 1. The van der Waals surface area contributed by atoms with Crippen molar-refractivity contribution in [1.82, 2.24) is 4.90 Å². The van der Waals surface area contributed by atoms with Crippen LogP contribution in [0, 0.1) is 0 Å². The first kappa shape index (κ1) is 20.5. The van der Waals surface area contributed by atoms with Gasteiger partial charge in [0.05, 0.1) is 6.61 Å². The smallest absolute Gasteiger partial charge is 0.193 e. The Kier molecular flexibility index (Phi) is 5.93. The van der Waals surface area contributed by atoms with E-state index in [0.29, 0.717) is 12.2 Å². The molecule has 0 amide bonds. The summed E-state index contributed by atoms with van der Waals surface area (Å²) in [5, 5.41) is 3.50. The SMILES string of the molecule is CCOc1ccc(C(=O)c2ccc3scc(C4=CCN5CCCCC5CC4)c3c2)cc1. The summed E-state index contributed by atoms with van der Waals surface area (Å²) < 4.78 is 6.75. The number of ether oxygens (including phenoxy) is 1. The first-order valence-electron chi connectivity index (χ1n) is 11.4. The van der Waals surface area contributed by atoms with E-state index in [1.54, 1.807) is 11.3 Å². The molecule has 2 aliphatic heterocycles. The quantitative estimate of drug-likeness (QED) is 0.428. The van der Waals surface area contributed by atoms with E-state index >= 15 is 0 Å². The topological polar surface area (TPSA) is 29.5 Å². The molecule has 1 fully saturated rings. The summed E-state index contributed by atoms with van der Waals surface area (Å²) in [4.78, 5) is 15.8. The number of hydrogen-bond donors (Lipinski definition) is 0. The van der Waals surface area contributed by atoms with Crippen molar-refractivity contribution < 1.29 is 9.53 Å². The van der Waals surface area contributed by atoms with Gasteiger partial charge in [0.2, 0.25) is 0 Å². The van der Waals surface area contributed by atoms with Gasteiger partial charge in [-0.3, -0.25) is 9.69 Å². The molecule has 0 radical (unpaired) electrons. The van der Waals surface area contributed by atoms with Crippen LogP contribution in [0.5, 0.6) is 5.75 Å². The van der Waals surface area contributed by atoms with Gasteiger partial charge in [-0.2, -0.15) is 0 Å². The van der Waals surface area contributed by atoms with E-state index in [1.807, 2.05) is 37.3 Å². The van der Waals surface area contributed by atoms with Crippen LogP contribution in [0.1, 0.15) is 60.5 Å². The second kappa shape index (κ2) is 8.97. The van der Waals surface area contributed by atoms with Gasteiger partial charge in [-0.25, -0.2) is 0 Å². The lowest BCUT2D eigenvalue weighted by Crippen LogP contribution is -2.38. The van der Waals surface area contributed by atoms with Crippen LogP contribution in [0.4, 0.5) is 0 Å². The number of nitrogens with zero attached hydrogens (tertiary/aromatic N) is 1. The maximum atomic E-state index is 13.1. The zero-order valence-electron chi connectivity index (χ0n) is 18.1. The highest BCUT2D eigenvalue weighted by Crippen LogP contribution is 2.37. The molecule has 31 heavy (non-hydrogen) atoms. The van der Waals surface area contributed by atoms with Gasteiger partial charge in [-0.05, 0) is 98.1 Å². The highest BCUT2D eigenvalue weighted by molar-refractivity contribution is 7.17. The molecule has 1 saturated heterocycles. The molecule has 0 spiro atoms. The number of piperidine rings is 1. The summed E-state index contributed by atoms with van der Waals surface area (Å²) in [5.41, 5.74) is 4.22. The molecule has 1 unspecified atom stereocenters. The predicted octanol–water partition coefficient (Wildman–Crippen LogP) is 6.56. The normalized spacial score (nSPS) is 19.5. The van der Waals surface area contributed by atoms with Crippen molar-refractivity contribution in [1.29, 1.82) is 0 Å². The van der Waals surface area contributed by atoms with Gasteiger partial charge in [0, 0.05) is 33.8 Å². The molecule has 4 heteroatoms. The number of carbonyl (C=O) groups excluding carboxylic acids is 1. The molecule has 3 heterocycles. The summed E-state index contributed by atoms with van der Waals surface area (Å²) in [6.07, 6.45) is 8.85. The molecule has 1 atom stereocenters. The lowest BCUT2D eigenvalue weighted by molar-refractivity contribution is 0.103. The predicted molar refractivity (Wildman–Crippen MR) is 129 cm³/mol. The molecule has 160 valence electrons. The molecule has 0 N–H and O–H groups in total. The molecule has 3 nitrogen and oxygen atoms in total. The number of fused-ring (bicyclic) bond motifs is 2. The lowest BCUT2D eigenvalue weighted by Gasteiger charge is -2.33. The summed E-state index contributed by atoms with van der Waals surface area (Å²) in [5.74, 6) is 0.861. The van der Waals surface area contributed by atoms with Gasteiger partial charge in [0.25, 0.3) is 0 Å². The zero-order valence-corrected chi connectivity index (χ0v) is 18.9. The van der Waals surface area contributed by atoms with Crippen molar-refractivity contribution in [3.05, 3.63) is 70.6 Å². The third kappa shape index (κ3) is 4.19. The number of allylic oxidation sites excluding steroid dienone is 1. The van der Waals surface area contributed by atoms with Crippen molar-refractivity contribution in [2.75, 3.05) is 19.7 Å². The maximum Gasteiger partial charge on any atom is 0.193 e. The molecular formula is C27H29NO2S. The van der Waals surface area contributed by atoms with E-state index < -0.39 is 0 Å². The van der Waals surface area contributed by atoms with Crippen molar-refractivity contribution in [2.24, 2.45) is 0 Å². The van der Waals surface area contributed by atoms with Gasteiger partial charge in [-0.1, -0.05) is 12.5 Å². The van der Waals surface area contributed by atoms with E-state index in [2.05, 4.69) is 28.5 Å². The maximum absolute atomic E-state index is 13.1. The van der Waals surface area contributed by atoms with Crippen LogP contribution >= 0.6 is 11.3 Å². The van der Waals surface area contributed by atoms with E-state index in [1.165, 1.54) is 53.5 Å². The van der Waals surface area contributed by atoms with Crippen LogP contribution in [0.15, 0.2) is 53.9 Å². The summed E-state index contributed by atoms with van der Waals surface area (Å²) in [6.45, 7) is 4.88. The fourth-order valence-electron chi connectivity index (χ4n) is 4.98. The Morgan fingerprint density at radius 3 is 2.77 bits per heavy atom. The van der Waals surface area contributed by atoms with Crippen molar-refractivity contribution >= 4 is 32.8 Å². The van der Waals surface area contributed by atoms with Crippen LogP contribution < -0.4 is 4.74 Å². The third-order valence-corrected chi connectivity index (χ3v) is 7.64. The molecule has 0 aliphatic carbocycles. The van der Waals surface area contributed by atoms with Gasteiger partial charge in [-0.15, -0.1) is 11.3 Å². The molecule has 2 aliphatic rings. The summed E-state index contributed by atoms with van der Waals surface area (Å²) in [6, 6.07) is 14.4. The average Bonchev–Trinajstić information content (AvgIpc) is 3.11. The Morgan fingerprint density at radius 1 is 1.10 bits per heavy atom. The fourth-order valence-corrected chi connectivity index (χ4v) is 5.94. The number of benzene rings is 2. The van der Waals surface area contributed by atoms with Crippen LogP contribution in [0.3, 0.4) is 0 Å². The second-order valence-corrected chi connectivity index (χ2v) is 9.47. The van der Waals surface area contributed by atoms with Gasteiger partial charge < -0.3 is 4.74 Å². The first-order valence-corrected chi connectivity index (χ1v) is 12.3. The minimum absolute atomic E-state index is 0.0640. The van der Waals surface area contributed by atoms with Crippen molar-refractivity contribution in [3.63, 3.8) is 0 Å². The van der Waals surface area contributed by atoms with Crippen LogP contribution in [-0.2, 0) is 0 Å². The van der Waals surface area contributed by atoms with E-state index in [-0.39, 0.29) is 5.78 Å². The van der Waals surface area contributed by atoms with Gasteiger partial charge in [0.15, 0.2) is 5.78 Å². The number of rotatable bonds is 5. The number of hydrogen-bond acceptors (Lipinski definition) is 4. The second-order valence-electron chi connectivity index (χ2n) is 8.56. The highest BCUT2D eigenvalue weighted by atomic mass is 32.1. The molecule has 3 aromatic rings. The molecular weight excluding hydrogens is 402 g/mol. The molecule has 0 saturated carbocycles. The number of carbonyl (C=O) groups is 1. The first-order chi connectivity index (χ1) is 15.2. The molecule has 1 aromatic heterocycles. The Bertz CT molecular complexity index is 1110. The fraction of sp³-hybridized carbons (Fsp3) is 0.370. The summed E-state index contributed by atoms with van der Waals surface area (Å²) >= 11 is 1.78. The van der Waals surface area contributed by atoms with Crippen LogP contribution in [-0.4, -0.2) is 36.4 Å². The van der Waals surface area contributed by atoms with Gasteiger partial charge >= 0.3 is 0 Å². The van der Waals surface area contributed by atoms with E-state index in [4.69, 9.17) is 4.74 Å². The largest absolute Gasteiger partial charge is 0.494 e. The highest BCUT2D eigenvalue weighted by Gasteiger charge is 2.25. The average molecular weight is 432 g/mol. The molecule has 5 rings (SSSR count). The minimum atomic E-state index is 0.0640. The zero-order chi connectivity index (χ0) is 21.2. The monoisotopic (exact) mass is 431 g/mol. The van der Waals surface area contributed by atoms with Crippen LogP contribution in [0.2, 0.25) is 0 Å². The Balaban J connectivity index is 1.43. The number of thiophene rings is 1.